The molecule has 1 unspecified atom stereocenters. The molecule has 1 N–H and O–H groups in total. The van der Waals surface area contributed by atoms with E-state index in [1.807, 2.05) is 18.2 Å². The van der Waals surface area contributed by atoms with Gasteiger partial charge in [-0.05, 0) is 36.8 Å². The predicted molar refractivity (Wildman–Crippen MR) is 116 cm³/mol. The molecule has 0 saturated heterocycles. The Morgan fingerprint density at radius 3 is 2.53 bits per heavy atom. The zero-order valence-electron chi connectivity index (χ0n) is 15.8. The van der Waals surface area contributed by atoms with Gasteiger partial charge in [0.25, 0.3) is 11.2 Å². The number of nitrogens with zero attached hydrogens (tertiary/aromatic N) is 3. The van der Waals surface area contributed by atoms with E-state index in [9.17, 15) is 19.7 Å². The van der Waals surface area contributed by atoms with Crippen molar-refractivity contribution < 1.29 is 9.72 Å². The van der Waals surface area contributed by atoms with Crippen molar-refractivity contribution in [2.24, 2.45) is 0 Å². The van der Waals surface area contributed by atoms with Crippen LogP contribution >= 0.6 is 11.3 Å². The van der Waals surface area contributed by atoms with Crippen LogP contribution in [0.25, 0.3) is 21.3 Å². The summed E-state index contributed by atoms with van der Waals surface area (Å²) in [4.78, 5) is 41.1. The normalized spacial score (nSPS) is 11.9. The average Bonchev–Trinajstić information content (AvgIpc) is 3.19. The van der Waals surface area contributed by atoms with Crippen LogP contribution in [0.1, 0.15) is 13.0 Å². The molecule has 0 radical (unpaired) electrons. The van der Waals surface area contributed by atoms with Crippen molar-refractivity contribution in [1.29, 1.82) is 0 Å². The number of nitro groups is 1. The molecule has 2 aromatic carbocycles. The lowest BCUT2D eigenvalue weighted by atomic mass is 10.1. The molecule has 0 aliphatic carbocycles. The van der Waals surface area contributed by atoms with Gasteiger partial charge in [0.1, 0.15) is 10.9 Å². The van der Waals surface area contributed by atoms with Gasteiger partial charge in [-0.1, -0.05) is 18.2 Å². The molecular weight excluding hydrogens is 404 g/mol. The molecule has 0 aliphatic heterocycles. The number of nitro benzene ring substituents is 1. The zero-order chi connectivity index (χ0) is 21.3. The van der Waals surface area contributed by atoms with Gasteiger partial charge < -0.3 is 5.32 Å². The van der Waals surface area contributed by atoms with Crippen molar-refractivity contribution in [3.63, 3.8) is 0 Å². The Hall–Kier alpha value is -3.85. The monoisotopic (exact) mass is 420 g/mol. The molecule has 9 heteroatoms. The number of hydrogen-bond acceptors (Lipinski definition) is 6. The highest BCUT2D eigenvalue weighted by Crippen LogP contribution is 2.31. The molecular formula is C21H16N4O4S. The van der Waals surface area contributed by atoms with Gasteiger partial charge in [-0.2, -0.15) is 0 Å². The molecule has 4 aromatic rings. The summed E-state index contributed by atoms with van der Waals surface area (Å²) in [5.74, 6) is -0.337. The molecule has 4 rings (SSSR count). The largest absolute Gasteiger partial charge is 0.324 e. The van der Waals surface area contributed by atoms with E-state index >= 15 is 0 Å². The number of thiophene rings is 1. The number of carbonyl (C=O) groups excluding carboxylic acids is 1. The van der Waals surface area contributed by atoms with Gasteiger partial charge in [0.05, 0.1) is 16.6 Å². The number of fused-ring (bicyclic) bond motifs is 1. The Morgan fingerprint density at radius 2 is 1.87 bits per heavy atom. The maximum Gasteiger partial charge on any atom is 0.269 e. The Kier molecular flexibility index (Phi) is 5.11. The van der Waals surface area contributed by atoms with Crippen LogP contribution in [0.2, 0.25) is 0 Å². The number of aromatic nitrogens is 2. The third-order valence-electron chi connectivity index (χ3n) is 4.75. The lowest BCUT2D eigenvalue weighted by Crippen LogP contribution is -2.31. The molecule has 2 aromatic heterocycles. The number of amides is 1. The second-order valence-electron chi connectivity index (χ2n) is 6.62. The van der Waals surface area contributed by atoms with Gasteiger partial charge >= 0.3 is 0 Å². The summed E-state index contributed by atoms with van der Waals surface area (Å²) in [6, 6.07) is 14.2. The van der Waals surface area contributed by atoms with Gasteiger partial charge in [-0.15, -0.1) is 11.3 Å². The molecule has 0 spiro atoms. The minimum atomic E-state index is -0.779. The number of rotatable bonds is 5. The van der Waals surface area contributed by atoms with E-state index < -0.39 is 11.0 Å². The quantitative estimate of drug-likeness (QED) is 0.384. The average molecular weight is 420 g/mol. The molecule has 8 nitrogen and oxygen atoms in total. The van der Waals surface area contributed by atoms with E-state index in [-0.39, 0.29) is 17.2 Å². The Morgan fingerprint density at radius 1 is 1.17 bits per heavy atom. The number of nitrogens with one attached hydrogen (secondary N) is 1. The van der Waals surface area contributed by atoms with Gasteiger partial charge in [-0.25, -0.2) is 4.98 Å². The van der Waals surface area contributed by atoms with Crippen LogP contribution in [-0.2, 0) is 4.79 Å². The second kappa shape index (κ2) is 7.88. The summed E-state index contributed by atoms with van der Waals surface area (Å²) in [5, 5.41) is 15.8. The molecule has 0 saturated carbocycles. The Bertz CT molecular complexity index is 1300. The van der Waals surface area contributed by atoms with E-state index in [1.165, 1.54) is 34.4 Å². The van der Waals surface area contributed by atoms with Gasteiger partial charge in [0, 0.05) is 28.8 Å². The van der Waals surface area contributed by atoms with E-state index in [2.05, 4.69) is 10.3 Å². The Balaban J connectivity index is 1.71. The van der Waals surface area contributed by atoms with Gasteiger partial charge in [0.2, 0.25) is 5.91 Å². The first-order valence-electron chi connectivity index (χ1n) is 9.05. The van der Waals surface area contributed by atoms with Crippen LogP contribution in [0.5, 0.6) is 0 Å². The fourth-order valence-electron chi connectivity index (χ4n) is 3.09. The van der Waals surface area contributed by atoms with Crippen molar-refractivity contribution in [1.82, 2.24) is 9.55 Å². The second-order valence-corrected chi connectivity index (χ2v) is 7.48. The highest BCUT2D eigenvalue weighted by atomic mass is 32.1. The van der Waals surface area contributed by atoms with Gasteiger partial charge in [0.15, 0.2) is 0 Å². The third-order valence-corrected chi connectivity index (χ3v) is 5.63. The SMILES string of the molecule is CC(C(=O)Nc1ccccc1)n1cnc2scc(-c3ccc([N+](=O)[O-])cc3)c2c1=O. The zero-order valence-corrected chi connectivity index (χ0v) is 16.6. The van der Waals surface area contributed by atoms with Crippen molar-refractivity contribution in [2.75, 3.05) is 5.32 Å². The number of para-hydroxylation sites is 1. The smallest absolute Gasteiger partial charge is 0.269 e. The number of non-ortho nitro benzene ring substituents is 1. The molecule has 150 valence electrons. The lowest BCUT2D eigenvalue weighted by molar-refractivity contribution is -0.384. The van der Waals surface area contributed by atoms with Crippen LogP contribution in [0, 0.1) is 10.1 Å². The lowest BCUT2D eigenvalue weighted by Gasteiger charge is -2.15. The van der Waals surface area contributed by atoms with Crippen molar-refractivity contribution in [3.05, 3.63) is 86.8 Å². The molecule has 1 amide bonds. The molecule has 0 fully saturated rings. The third kappa shape index (κ3) is 3.58. The summed E-state index contributed by atoms with van der Waals surface area (Å²) < 4.78 is 1.29. The minimum Gasteiger partial charge on any atom is -0.324 e. The van der Waals surface area contributed by atoms with E-state index in [1.54, 1.807) is 36.6 Å². The van der Waals surface area contributed by atoms with Crippen LogP contribution in [0.4, 0.5) is 11.4 Å². The first-order valence-corrected chi connectivity index (χ1v) is 9.93. The van der Waals surface area contributed by atoms with Gasteiger partial charge in [-0.3, -0.25) is 24.3 Å². The summed E-state index contributed by atoms with van der Waals surface area (Å²) in [6.45, 7) is 1.63. The van der Waals surface area contributed by atoms with E-state index in [0.29, 0.717) is 27.0 Å². The molecule has 1 atom stereocenters. The number of hydrogen-bond donors (Lipinski definition) is 1. The highest BCUT2D eigenvalue weighted by molar-refractivity contribution is 7.17. The maximum absolute atomic E-state index is 13.2. The van der Waals surface area contributed by atoms with Crippen LogP contribution in [0.15, 0.2) is 71.1 Å². The summed E-state index contributed by atoms with van der Waals surface area (Å²) >= 11 is 1.31. The Labute approximate surface area is 174 Å². The number of benzene rings is 2. The van der Waals surface area contributed by atoms with E-state index in [0.717, 1.165) is 0 Å². The maximum atomic E-state index is 13.2. The fourth-order valence-corrected chi connectivity index (χ4v) is 4.00. The van der Waals surface area contributed by atoms with Crippen molar-refractivity contribution >= 4 is 38.8 Å². The van der Waals surface area contributed by atoms with Crippen molar-refractivity contribution in [2.45, 2.75) is 13.0 Å². The fraction of sp³-hybridized carbons (Fsp3) is 0.0952. The topological polar surface area (TPSA) is 107 Å². The summed E-state index contributed by atoms with van der Waals surface area (Å²) in [6.07, 6.45) is 1.37. The van der Waals surface area contributed by atoms with Crippen LogP contribution in [-0.4, -0.2) is 20.4 Å². The number of anilines is 1. The van der Waals surface area contributed by atoms with Crippen molar-refractivity contribution in [3.8, 4) is 11.1 Å². The van der Waals surface area contributed by atoms with Crippen LogP contribution < -0.4 is 10.9 Å². The van der Waals surface area contributed by atoms with Crippen LogP contribution in [0.3, 0.4) is 0 Å². The molecule has 2 heterocycles. The first kappa shape index (κ1) is 19.5. The number of carbonyl (C=O) groups is 1. The highest BCUT2D eigenvalue weighted by Gasteiger charge is 2.20. The standard InChI is InChI=1S/C21H16N4O4S/c1-13(19(26)23-15-5-3-2-4-6-15)24-12-22-20-18(21(24)27)17(11-30-20)14-7-9-16(10-8-14)25(28)29/h2-13H,1H3,(H,23,26). The van der Waals surface area contributed by atoms with E-state index in [4.69, 9.17) is 0 Å². The molecule has 30 heavy (non-hydrogen) atoms. The molecule has 0 aliphatic rings. The first-order chi connectivity index (χ1) is 14.5. The summed E-state index contributed by atoms with van der Waals surface area (Å²) in [5.41, 5.74) is 1.57. The summed E-state index contributed by atoms with van der Waals surface area (Å²) in [7, 11) is 0. The predicted octanol–water partition coefficient (Wildman–Crippen LogP) is 4.23. The molecule has 0 bridgehead atoms. The minimum absolute atomic E-state index is 0.0278.